The lowest BCUT2D eigenvalue weighted by atomic mass is 9.52. The van der Waals surface area contributed by atoms with Crippen molar-refractivity contribution in [2.24, 2.45) is 29.6 Å². The van der Waals surface area contributed by atoms with Crippen LogP contribution in [-0.2, 0) is 0 Å². The second kappa shape index (κ2) is 5.26. The molecule has 23 heavy (non-hydrogen) atoms. The maximum absolute atomic E-state index is 9.14. The predicted molar refractivity (Wildman–Crippen MR) is 89.2 cm³/mol. The van der Waals surface area contributed by atoms with Crippen molar-refractivity contribution in [2.45, 2.75) is 50.9 Å². The normalized spacial score (nSPS) is 37.6. The maximum Gasteiger partial charge on any atom is 0.122 e. The van der Waals surface area contributed by atoms with Crippen LogP contribution in [0.4, 0.5) is 0 Å². The Kier molecular flexibility index (Phi) is 3.18. The highest BCUT2D eigenvalue weighted by Crippen LogP contribution is 2.56. The van der Waals surface area contributed by atoms with Crippen molar-refractivity contribution < 1.29 is 4.74 Å². The van der Waals surface area contributed by atoms with Gasteiger partial charge in [-0.1, -0.05) is 0 Å². The quantitative estimate of drug-likeness (QED) is 0.793. The van der Waals surface area contributed by atoms with E-state index in [1.54, 1.807) is 0 Å². The Bertz CT molecular complexity index is 626. The topological polar surface area (TPSA) is 33.0 Å². The number of hydrogen-bond donors (Lipinski definition) is 0. The Hall–Kier alpha value is -1.49. The minimum absolute atomic E-state index is 0.636. The Labute approximate surface area is 138 Å². The van der Waals surface area contributed by atoms with Gasteiger partial charge in [-0.25, -0.2) is 0 Å². The Morgan fingerprint density at radius 2 is 1.70 bits per heavy atom. The summed E-state index contributed by atoms with van der Waals surface area (Å²) in [5, 5.41) is 9.14. The molecule has 0 unspecified atom stereocenters. The summed E-state index contributed by atoms with van der Waals surface area (Å²) in [6.07, 6.45) is 9.87. The van der Waals surface area contributed by atoms with Crippen molar-refractivity contribution in [3.63, 3.8) is 0 Å². The molecule has 2 nitrogen and oxygen atoms in total. The highest BCUT2D eigenvalue weighted by atomic mass is 16.5. The molecule has 5 aliphatic carbocycles. The van der Waals surface area contributed by atoms with Gasteiger partial charge in [0.2, 0.25) is 0 Å². The minimum atomic E-state index is 0.636. The monoisotopic (exact) mass is 307 g/mol. The van der Waals surface area contributed by atoms with Crippen LogP contribution in [0, 0.1) is 40.9 Å². The lowest BCUT2D eigenvalue weighted by molar-refractivity contribution is -0.0530. The zero-order valence-corrected chi connectivity index (χ0v) is 13.7. The molecular formula is C21H25NO. The van der Waals surface area contributed by atoms with Crippen LogP contribution in [-0.4, -0.2) is 6.61 Å². The van der Waals surface area contributed by atoms with Gasteiger partial charge in [0, 0.05) is 0 Å². The third kappa shape index (κ3) is 2.45. The number of hydrogen-bond acceptors (Lipinski definition) is 2. The van der Waals surface area contributed by atoms with Crippen LogP contribution in [0.15, 0.2) is 18.2 Å². The minimum Gasteiger partial charge on any atom is -0.493 e. The van der Waals surface area contributed by atoms with Crippen molar-refractivity contribution in [1.82, 2.24) is 0 Å². The summed E-state index contributed by atoms with van der Waals surface area (Å²) in [6, 6.07) is 8.29. The molecule has 0 spiro atoms. The molecule has 1 aromatic rings. The molecule has 0 saturated heterocycles. The van der Waals surface area contributed by atoms with Gasteiger partial charge in [0.25, 0.3) is 0 Å². The molecule has 0 amide bonds. The van der Waals surface area contributed by atoms with E-state index >= 15 is 0 Å². The van der Waals surface area contributed by atoms with Gasteiger partial charge >= 0.3 is 0 Å². The molecule has 120 valence electrons. The smallest absolute Gasteiger partial charge is 0.122 e. The zero-order valence-electron chi connectivity index (χ0n) is 13.7. The fraction of sp³-hybridized carbons (Fsp3) is 0.667. The molecular weight excluding hydrogens is 282 g/mol. The number of nitrogens with zero attached hydrogens (tertiary/aromatic N) is 1. The first-order chi connectivity index (χ1) is 11.3. The van der Waals surface area contributed by atoms with Gasteiger partial charge < -0.3 is 4.74 Å². The van der Waals surface area contributed by atoms with E-state index in [0.717, 1.165) is 47.5 Å². The summed E-state index contributed by atoms with van der Waals surface area (Å²) in [4.78, 5) is 0. The van der Waals surface area contributed by atoms with Crippen molar-refractivity contribution in [3.8, 4) is 11.8 Å². The van der Waals surface area contributed by atoms with E-state index in [1.165, 1.54) is 50.5 Å². The lowest BCUT2D eigenvalue weighted by Crippen LogP contribution is -2.47. The van der Waals surface area contributed by atoms with E-state index in [4.69, 9.17) is 10.00 Å². The highest BCUT2D eigenvalue weighted by molar-refractivity contribution is 5.45. The fourth-order valence-corrected chi connectivity index (χ4v) is 5.96. The van der Waals surface area contributed by atoms with E-state index in [2.05, 4.69) is 12.1 Å². The van der Waals surface area contributed by atoms with Crippen LogP contribution < -0.4 is 4.74 Å². The average Bonchev–Trinajstić information content (AvgIpc) is 3.38. The Morgan fingerprint density at radius 3 is 2.30 bits per heavy atom. The first kappa shape index (κ1) is 13.9. The molecule has 0 atom stereocenters. The largest absolute Gasteiger partial charge is 0.493 e. The van der Waals surface area contributed by atoms with E-state index < -0.39 is 0 Å². The van der Waals surface area contributed by atoms with E-state index in [1.807, 2.05) is 12.1 Å². The van der Waals surface area contributed by atoms with Crippen molar-refractivity contribution in [2.75, 3.05) is 6.61 Å². The van der Waals surface area contributed by atoms with Gasteiger partial charge in [-0.05, 0) is 104 Å². The molecule has 0 aliphatic heterocycles. The molecule has 2 heteroatoms. The number of ether oxygens (including phenoxy) is 1. The van der Waals surface area contributed by atoms with Gasteiger partial charge in [0.15, 0.2) is 0 Å². The van der Waals surface area contributed by atoms with Gasteiger partial charge in [-0.2, -0.15) is 5.26 Å². The molecule has 0 radical (unpaired) electrons. The first-order valence-electron chi connectivity index (χ1n) is 9.47. The summed E-state index contributed by atoms with van der Waals surface area (Å²) in [7, 11) is 0. The van der Waals surface area contributed by atoms with Crippen LogP contribution in [0.25, 0.3) is 0 Å². The van der Waals surface area contributed by atoms with Crippen LogP contribution >= 0.6 is 0 Å². The fourth-order valence-electron chi connectivity index (χ4n) is 5.96. The van der Waals surface area contributed by atoms with Gasteiger partial charge in [0.05, 0.1) is 18.2 Å². The summed E-state index contributed by atoms with van der Waals surface area (Å²) in [6.45, 7) is 0.903. The summed E-state index contributed by atoms with van der Waals surface area (Å²) < 4.78 is 6.35. The first-order valence-corrected chi connectivity index (χ1v) is 9.47. The van der Waals surface area contributed by atoms with E-state index in [-0.39, 0.29) is 0 Å². The average molecular weight is 307 g/mol. The maximum atomic E-state index is 9.14. The molecule has 4 bridgehead atoms. The van der Waals surface area contributed by atoms with Crippen molar-refractivity contribution in [1.29, 1.82) is 5.26 Å². The molecule has 0 aromatic heterocycles. The van der Waals surface area contributed by atoms with Crippen LogP contribution in [0.2, 0.25) is 0 Å². The van der Waals surface area contributed by atoms with E-state index in [9.17, 15) is 0 Å². The number of rotatable bonds is 4. The van der Waals surface area contributed by atoms with Gasteiger partial charge in [-0.3, -0.25) is 0 Å². The molecule has 1 aromatic carbocycles. The Morgan fingerprint density at radius 1 is 1.00 bits per heavy atom. The number of nitriles is 1. The lowest BCUT2D eigenvalue weighted by Gasteiger charge is -2.54. The summed E-state index contributed by atoms with van der Waals surface area (Å²) >= 11 is 0. The third-order valence-electron chi connectivity index (χ3n) is 7.01. The SMILES string of the molecule is N#Cc1ccc(OCC2C3CC4CC(C3)CC2C4)c(C2CC2)c1. The number of benzene rings is 1. The van der Waals surface area contributed by atoms with Crippen LogP contribution in [0.1, 0.15) is 62.0 Å². The molecule has 0 heterocycles. The third-order valence-corrected chi connectivity index (χ3v) is 7.01. The van der Waals surface area contributed by atoms with Gasteiger partial charge in [-0.15, -0.1) is 0 Å². The highest BCUT2D eigenvalue weighted by Gasteiger charge is 2.48. The van der Waals surface area contributed by atoms with Crippen LogP contribution in [0.5, 0.6) is 5.75 Å². The van der Waals surface area contributed by atoms with Gasteiger partial charge in [0.1, 0.15) is 5.75 Å². The van der Waals surface area contributed by atoms with Crippen molar-refractivity contribution in [3.05, 3.63) is 29.3 Å². The predicted octanol–water partition coefficient (Wildman–Crippen LogP) is 4.89. The zero-order chi connectivity index (χ0) is 15.4. The molecule has 6 rings (SSSR count). The molecule has 5 fully saturated rings. The standard InChI is InChI=1S/C21H25NO/c22-11-13-1-4-21(19(10-13)16-2-3-16)23-12-20-17-6-14-5-15(8-17)9-18(20)7-14/h1,4,10,14-18,20H,2-3,5-9,12H2. The summed E-state index contributed by atoms with van der Waals surface area (Å²) in [5.74, 6) is 6.39. The van der Waals surface area contributed by atoms with Crippen LogP contribution in [0.3, 0.4) is 0 Å². The molecule has 5 saturated carbocycles. The second-order valence-electron chi connectivity index (χ2n) is 8.54. The molecule has 5 aliphatic rings. The van der Waals surface area contributed by atoms with Crippen molar-refractivity contribution >= 4 is 0 Å². The second-order valence-corrected chi connectivity index (χ2v) is 8.54. The molecule has 0 N–H and O–H groups in total. The summed E-state index contributed by atoms with van der Waals surface area (Å²) in [5.41, 5.74) is 2.06. The van der Waals surface area contributed by atoms with E-state index in [0.29, 0.717) is 5.92 Å². The Balaban J connectivity index is 1.32.